The van der Waals surface area contributed by atoms with Crippen molar-refractivity contribution in [2.45, 2.75) is 44.2 Å². The van der Waals surface area contributed by atoms with Gasteiger partial charge in [-0.05, 0) is 36.1 Å². The fraction of sp³-hybridized carbons (Fsp3) is 0.333. The van der Waals surface area contributed by atoms with Crippen LogP contribution in [0.25, 0.3) is 0 Å². The van der Waals surface area contributed by atoms with E-state index in [4.69, 9.17) is 11.6 Å². The summed E-state index contributed by atoms with van der Waals surface area (Å²) >= 11 is 5.91. The molecule has 0 bridgehead atoms. The maximum Gasteiger partial charge on any atom is 0.246 e. The van der Waals surface area contributed by atoms with Gasteiger partial charge in [-0.3, -0.25) is 9.59 Å². The Kier molecular flexibility index (Phi) is 5.94. The van der Waals surface area contributed by atoms with Gasteiger partial charge in [0, 0.05) is 24.4 Å². The van der Waals surface area contributed by atoms with Crippen LogP contribution >= 0.6 is 11.6 Å². The zero-order valence-electron chi connectivity index (χ0n) is 14.6. The molecule has 1 fully saturated rings. The van der Waals surface area contributed by atoms with Gasteiger partial charge in [0.2, 0.25) is 11.8 Å². The lowest BCUT2D eigenvalue weighted by molar-refractivity contribution is -0.133. The average Bonchev–Trinajstić information content (AvgIpc) is 2.84. The third kappa shape index (κ3) is 4.64. The third-order valence-corrected chi connectivity index (χ3v) is 5.04. The largest absolute Gasteiger partial charge is 0.350 e. The number of carbonyl (C=O) groups is 2. The first-order valence-electron chi connectivity index (χ1n) is 8.95. The number of amides is 2. The highest BCUT2D eigenvalue weighted by atomic mass is 35.5. The second kappa shape index (κ2) is 8.37. The van der Waals surface area contributed by atoms with Crippen molar-refractivity contribution in [1.29, 1.82) is 0 Å². The van der Waals surface area contributed by atoms with Crippen LogP contribution in [0.2, 0.25) is 5.02 Å². The first-order valence-corrected chi connectivity index (χ1v) is 9.33. The summed E-state index contributed by atoms with van der Waals surface area (Å²) in [4.78, 5) is 25.3. The number of rotatable bonds is 5. The molecule has 136 valence electrons. The molecule has 3 rings (SSSR count). The van der Waals surface area contributed by atoms with Gasteiger partial charge in [0.15, 0.2) is 0 Å². The fourth-order valence-corrected chi connectivity index (χ4v) is 3.51. The van der Waals surface area contributed by atoms with Crippen LogP contribution in [0, 0.1) is 0 Å². The highest BCUT2D eigenvalue weighted by molar-refractivity contribution is 6.30. The van der Waals surface area contributed by atoms with Crippen molar-refractivity contribution >= 4 is 23.4 Å². The molecule has 0 saturated carbocycles. The Balaban J connectivity index is 1.78. The van der Waals surface area contributed by atoms with E-state index in [0.717, 1.165) is 24.0 Å². The highest BCUT2D eigenvalue weighted by Crippen LogP contribution is 2.25. The standard InChI is InChI=1S/C21H23ClN2O2/c22-18-11-9-17(10-12-18)15-23-20(26)21(13-5-4-8-19(25)24-21)14-16-6-2-1-3-7-16/h1-3,6-7,9-12H,4-5,8,13-15H2,(H,23,26)(H,24,25)/t21-/m1/s1. The van der Waals surface area contributed by atoms with Crippen molar-refractivity contribution in [3.8, 4) is 0 Å². The molecule has 2 aromatic rings. The van der Waals surface area contributed by atoms with E-state index >= 15 is 0 Å². The highest BCUT2D eigenvalue weighted by Gasteiger charge is 2.40. The Labute approximate surface area is 158 Å². The summed E-state index contributed by atoms with van der Waals surface area (Å²) in [6, 6.07) is 17.2. The summed E-state index contributed by atoms with van der Waals surface area (Å²) in [7, 11) is 0. The smallest absolute Gasteiger partial charge is 0.246 e. The van der Waals surface area contributed by atoms with Crippen molar-refractivity contribution in [1.82, 2.24) is 10.6 Å². The van der Waals surface area contributed by atoms with Gasteiger partial charge < -0.3 is 10.6 Å². The van der Waals surface area contributed by atoms with E-state index in [-0.39, 0.29) is 11.8 Å². The number of carbonyl (C=O) groups excluding carboxylic acids is 2. The van der Waals surface area contributed by atoms with Crippen LogP contribution in [0.4, 0.5) is 0 Å². The summed E-state index contributed by atoms with van der Waals surface area (Å²) in [6.45, 7) is 0.405. The van der Waals surface area contributed by atoms with Gasteiger partial charge in [0.05, 0.1) is 0 Å². The number of halogens is 1. The zero-order chi connectivity index (χ0) is 18.4. The Morgan fingerprint density at radius 1 is 1.04 bits per heavy atom. The van der Waals surface area contributed by atoms with Crippen molar-refractivity contribution in [2.24, 2.45) is 0 Å². The maximum absolute atomic E-state index is 13.1. The van der Waals surface area contributed by atoms with E-state index < -0.39 is 5.54 Å². The van der Waals surface area contributed by atoms with Crippen LogP contribution in [0.1, 0.15) is 36.8 Å². The van der Waals surface area contributed by atoms with Crippen LogP contribution in [0.15, 0.2) is 54.6 Å². The van der Waals surface area contributed by atoms with Gasteiger partial charge in [-0.2, -0.15) is 0 Å². The summed E-state index contributed by atoms with van der Waals surface area (Å²) in [6.07, 6.45) is 3.26. The Morgan fingerprint density at radius 3 is 2.50 bits per heavy atom. The number of hydrogen-bond donors (Lipinski definition) is 2. The van der Waals surface area contributed by atoms with E-state index in [1.165, 1.54) is 0 Å². The maximum atomic E-state index is 13.1. The van der Waals surface area contributed by atoms with Crippen LogP contribution in [-0.4, -0.2) is 17.4 Å². The van der Waals surface area contributed by atoms with Crippen molar-refractivity contribution < 1.29 is 9.59 Å². The summed E-state index contributed by atoms with van der Waals surface area (Å²) in [5.74, 6) is -0.188. The van der Waals surface area contributed by atoms with Crippen molar-refractivity contribution in [3.05, 3.63) is 70.7 Å². The molecule has 4 nitrogen and oxygen atoms in total. The Morgan fingerprint density at radius 2 is 1.77 bits per heavy atom. The van der Waals surface area contributed by atoms with E-state index in [0.29, 0.717) is 30.8 Å². The van der Waals surface area contributed by atoms with Gasteiger partial charge in [-0.1, -0.05) is 60.5 Å². The number of nitrogens with one attached hydrogen (secondary N) is 2. The molecule has 2 N–H and O–H groups in total. The molecule has 1 heterocycles. The zero-order valence-corrected chi connectivity index (χ0v) is 15.4. The van der Waals surface area contributed by atoms with E-state index in [9.17, 15) is 9.59 Å². The van der Waals surface area contributed by atoms with Crippen LogP contribution in [-0.2, 0) is 22.6 Å². The van der Waals surface area contributed by atoms with E-state index in [2.05, 4.69) is 10.6 Å². The third-order valence-electron chi connectivity index (χ3n) is 4.79. The van der Waals surface area contributed by atoms with E-state index in [1.54, 1.807) is 12.1 Å². The number of benzene rings is 2. The minimum Gasteiger partial charge on any atom is -0.350 e. The molecule has 1 atom stereocenters. The van der Waals surface area contributed by atoms with Crippen LogP contribution in [0.5, 0.6) is 0 Å². The quantitative estimate of drug-likeness (QED) is 0.844. The molecule has 2 amide bonds. The molecule has 0 unspecified atom stereocenters. The molecule has 0 spiro atoms. The second-order valence-electron chi connectivity index (χ2n) is 6.81. The van der Waals surface area contributed by atoms with Gasteiger partial charge in [0.1, 0.15) is 5.54 Å². The normalized spacial score (nSPS) is 20.1. The van der Waals surface area contributed by atoms with Gasteiger partial charge in [0.25, 0.3) is 0 Å². The first-order chi connectivity index (χ1) is 12.6. The van der Waals surface area contributed by atoms with E-state index in [1.807, 2.05) is 42.5 Å². The lowest BCUT2D eigenvalue weighted by atomic mass is 9.85. The van der Waals surface area contributed by atoms with Crippen LogP contribution in [0.3, 0.4) is 0 Å². The Hall–Kier alpha value is -2.33. The molecule has 0 aliphatic carbocycles. The summed E-state index contributed by atoms with van der Waals surface area (Å²) in [5, 5.41) is 6.68. The molecular formula is C21H23ClN2O2. The van der Waals surface area contributed by atoms with Crippen LogP contribution < -0.4 is 10.6 Å². The lowest BCUT2D eigenvalue weighted by Gasteiger charge is -2.32. The predicted molar refractivity (Wildman–Crippen MR) is 103 cm³/mol. The predicted octanol–water partition coefficient (Wildman–Crippen LogP) is 3.63. The summed E-state index contributed by atoms with van der Waals surface area (Å²) < 4.78 is 0. The van der Waals surface area contributed by atoms with Crippen molar-refractivity contribution in [3.63, 3.8) is 0 Å². The minimum absolute atomic E-state index is 0.0555. The molecular weight excluding hydrogens is 348 g/mol. The topological polar surface area (TPSA) is 58.2 Å². The lowest BCUT2D eigenvalue weighted by Crippen LogP contribution is -2.59. The minimum atomic E-state index is -0.901. The van der Waals surface area contributed by atoms with Gasteiger partial charge in [-0.15, -0.1) is 0 Å². The monoisotopic (exact) mass is 370 g/mol. The number of hydrogen-bond acceptors (Lipinski definition) is 2. The van der Waals surface area contributed by atoms with Gasteiger partial charge in [-0.25, -0.2) is 0 Å². The molecule has 1 aliphatic heterocycles. The molecule has 5 heteroatoms. The molecule has 0 radical (unpaired) electrons. The van der Waals surface area contributed by atoms with Gasteiger partial charge >= 0.3 is 0 Å². The second-order valence-corrected chi connectivity index (χ2v) is 7.25. The molecule has 26 heavy (non-hydrogen) atoms. The average molecular weight is 371 g/mol. The molecule has 1 saturated heterocycles. The summed E-state index contributed by atoms with van der Waals surface area (Å²) in [5.41, 5.74) is 1.11. The first kappa shape index (κ1) is 18.5. The Bertz CT molecular complexity index is 761. The SMILES string of the molecule is O=C1CCCC[C@@](Cc2ccccc2)(C(=O)NCc2ccc(Cl)cc2)N1. The molecule has 0 aromatic heterocycles. The fourth-order valence-electron chi connectivity index (χ4n) is 3.39. The molecule has 2 aromatic carbocycles. The van der Waals surface area contributed by atoms with Crippen molar-refractivity contribution in [2.75, 3.05) is 0 Å². The molecule has 1 aliphatic rings.